The zero-order chi connectivity index (χ0) is 14.4. The minimum Gasteiger partial charge on any atom is -0.305 e. The Kier molecular flexibility index (Phi) is 5.81. The Morgan fingerprint density at radius 2 is 1.80 bits per heavy atom. The Balaban J connectivity index is 1.86. The molecule has 2 heteroatoms. The molecule has 0 aliphatic heterocycles. The molecule has 0 saturated carbocycles. The second-order valence-corrected chi connectivity index (χ2v) is 6.40. The van der Waals surface area contributed by atoms with Gasteiger partial charge >= 0.3 is 0 Å². The van der Waals surface area contributed by atoms with E-state index < -0.39 is 0 Å². The molecular weight excluding hydrogens is 244 g/mol. The van der Waals surface area contributed by atoms with E-state index in [-0.39, 0.29) is 0 Å². The van der Waals surface area contributed by atoms with Crippen LogP contribution in [0.3, 0.4) is 0 Å². The van der Waals surface area contributed by atoms with Crippen molar-refractivity contribution in [3.63, 3.8) is 0 Å². The molecule has 0 aromatic heterocycles. The molecule has 1 aromatic rings. The van der Waals surface area contributed by atoms with Gasteiger partial charge in [-0.2, -0.15) is 0 Å². The van der Waals surface area contributed by atoms with Crippen LogP contribution in [0.4, 0.5) is 0 Å². The Labute approximate surface area is 124 Å². The Morgan fingerprint density at radius 3 is 2.45 bits per heavy atom. The summed E-state index contributed by atoms with van der Waals surface area (Å²) in [6.07, 6.45) is 8.53. The van der Waals surface area contributed by atoms with E-state index in [1.54, 1.807) is 0 Å². The number of allylic oxidation sites excluding steroid dienone is 2. The summed E-state index contributed by atoms with van der Waals surface area (Å²) in [7, 11) is 6.49. The molecular formula is C18H28N2. The molecule has 1 aliphatic rings. The lowest BCUT2D eigenvalue weighted by molar-refractivity contribution is 0.258. The summed E-state index contributed by atoms with van der Waals surface area (Å²) in [6.45, 7) is 3.29. The Hall–Kier alpha value is -1.12. The predicted molar refractivity (Wildman–Crippen MR) is 86.6 cm³/mol. The third kappa shape index (κ3) is 5.10. The van der Waals surface area contributed by atoms with Crippen molar-refractivity contribution in [3.05, 3.63) is 47.5 Å². The third-order valence-electron chi connectivity index (χ3n) is 3.89. The van der Waals surface area contributed by atoms with Crippen LogP contribution in [-0.4, -0.2) is 37.5 Å². The monoisotopic (exact) mass is 272 g/mol. The highest BCUT2D eigenvalue weighted by Crippen LogP contribution is 2.19. The fraction of sp³-hybridized carbons (Fsp3) is 0.556. The normalized spacial score (nSPS) is 18.9. The van der Waals surface area contributed by atoms with Crippen molar-refractivity contribution >= 4 is 0 Å². The summed E-state index contributed by atoms with van der Waals surface area (Å²) < 4.78 is 0. The first-order chi connectivity index (χ1) is 9.63. The standard InChI is InChI=1S/C18H28N2/c1-19(2)13-17-10-7-11-18(12-17)15-20(3)14-16-8-5-4-6-9-16/h4-5,7,10-12,16H,6,8-9,13-15H2,1-3H3. The van der Waals surface area contributed by atoms with E-state index in [9.17, 15) is 0 Å². The highest BCUT2D eigenvalue weighted by molar-refractivity contribution is 5.23. The SMILES string of the molecule is CN(C)Cc1cccc(CN(C)CC2CC=CCC2)c1. The quantitative estimate of drug-likeness (QED) is 0.731. The molecule has 1 aromatic carbocycles. The molecule has 2 nitrogen and oxygen atoms in total. The average Bonchev–Trinajstić information content (AvgIpc) is 2.39. The molecule has 0 fully saturated rings. The first-order valence-electron chi connectivity index (χ1n) is 7.69. The largest absolute Gasteiger partial charge is 0.305 e. The van der Waals surface area contributed by atoms with Crippen LogP contribution in [0.5, 0.6) is 0 Å². The fourth-order valence-corrected chi connectivity index (χ4v) is 3.03. The van der Waals surface area contributed by atoms with Crippen LogP contribution in [0.25, 0.3) is 0 Å². The van der Waals surface area contributed by atoms with Gasteiger partial charge < -0.3 is 9.80 Å². The van der Waals surface area contributed by atoms with Gasteiger partial charge in [0.1, 0.15) is 0 Å². The highest BCUT2D eigenvalue weighted by atomic mass is 15.1. The highest BCUT2D eigenvalue weighted by Gasteiger charge is 2.12. The predicted octanol–water partition coefficient (Wildman–Crippen LogP) is 3.54. The number of benzene rings is 1. The first-order valence-corrected chi connectivity index (χ1v) is 7.69. The van der Waals surface area contributed by atoms with Gasteiger partial charge in [0.15, 0.2) is 0 Å². The van der Waals surface area contributed by atoms with Crippen LogP contribution in [-0.2, 0) is 13.1 Å². The van der Waals surface area contributed by atoms with E-state index in [0.717, 1.165) is 19.0 Å². The maximum absolute atomic E-state index is 2.47. The zero-order valence-corrected chi connectivity index (χ0v) is 13.2. The third-order valence-corrected chi connectivity index (χ3v) is 3.89. The average molecular weight is 272 g/mol. The van der Waals surface area contributed by atoms with Crippen molar-refractivity contribution in [2.75, 3.05) is 27.7 Å². The minimum atomic E-state index is 0.843. The van der Waals surface area contributed by atoms with Crippen molar-refractivity contribution in [3.8, 4) is 0 Å². The van der Waals surface area contributed by atoms with Gasteiger partial charge in [0.25, 0.3) is 0 Å². The van der Waals surface area contributed by atoms with Crippen molar-refractivity contribution in [1.29, 1.82) is 0 Å². The Bertz CT molecular complexity index is 437. The van der Waals surface area contributed by atoms with Gasteiger partial charge in [0, 0.05) is 19.6 Å². The first kappa shape index (κ1) is 15.3. The molecule has 0 bridgehead atoms. The van der Waals surface area contributed by atoms with E-state index >= 15 is 0 Å². The fourth-order valence-electron chi connectivity index (χ4n) is 3.03. The lowest BCUT2D eigenvalue weighted by Crippen LogP contribution is -2.26. The molecule has 20 heavy (non-hydrogen) atoms. The Morgan fingerprint density at radius 1 is 1.05 bits per heavy atom. The number of rotatable bonds is 6. The van der Waals surface area contributed by atoms with Gasteiger partial charge in [-0.3, -0.25) is 0 Å². The van der Waals surface area contributed by atoms with Crippen LogP contribution in [0.15, 0.2) is 36.4 Å². The molecule has 0 amide bonds. The van der Waals surface area contributed by atoms with Crippen molar-refractivity contribution in [2.24, 2.45) is 5.92 Å². The van der Waals surface area contributed by atoms with Crippen LogP contribution in [0.1, 0.15) is 30.4 Å². The van der Waals surface area contributed by atoms with Gasteiger partial charge in [-0.05, 0) is 57.5 Å². The molecule has 1 aliphatic carbocycles. The zero-order valence-electron chi connectivity index (χ0n) is 13.2. The van der Waals surface area contributed by atoms with E-state index in [2.05, 4.69) is 67.4 Å². The lowest BCUT2D eigenvalue weighted by atomic mass is 9.94. The van der Waals surface area contributed by atoms with E-state index in [1.807, 2.05) is 0 Å². The molecule has 0 N–H and O–H groups in total. The molecule has 1 atom stereocenters. The van der Waals surface area contributed by atoms with Gasteiger partial charge in [0.05, 0.1) is 0 Å². The van der Waals surface area contributed by atoms with Crippen molar-refractivity contribution in [1.82, 2.24) is 9.80 Å². The topological polar surface area (TPSA) is 6.48 Å². The number of hydrogen-bond acceptors (Lipinski definition) is 2. The van der Waals surface area contributed by atoms with Crippen LogP contribution in [0.2, 0.25) is 0 Å². The van der Waals surface area contributed by atoms with Gasteiger partial charge in [0.2, 0.25) is 0 Å². The molecule has 0 saturated heterocycles. The molecule has 1 unspecified atom stereocenters. The number of nitrogens with zero attached hydrogens (tertiary/aromatic N) is 2. The molecule has 110 valence electrons. The van der Waals surface area contributed by atoms with Gasteiger partial charge in [-0.15, -0.1) is 0 Å². The maximum Gasteiger partial charge on any atom is 0.0230 e. The van der Waals surface area contributed by atoms with Crippen LogP contribution >= 0.6 is 0 Å². The van der Waals surface area contributed by atoms with Gasteiger partial charge in [-0.1, -0.05) is 36.4 Å². The number of hydrogen-bond donors (Lipinski definition) is 0. The van der Waals surface area contributed by atoms with E-state index in [4.69, 9.17) is 0 Å². The van der Waals surface area contributed by atoms with Crippen LogP contribution < -0.4 is 0 Å². The summed E-state index contributed by atoms with van der Waals surface area (Å²) in [5.74, 6) is 0.843. The summed E-state index contributed by atoms with van der Waals surface area (Å²) in [4.78, 5) is 4.69. The molecule has 0 spiro atoms. The summed E-state index contributed by atoms with van der Waals surface area (Å²) in [5, 5.41) is 0. The van der Waals surface area contributed by atoms with Crippen molar-refractivity contribution in [2.45, 2.75) is 32.4 Å². The minimum absolute atomic E-state index is 0.843. The van der Waals surface area contributed by atoms with Crippen LogP contribution in [0, 0.1) is 5.92 Å². The second-order valence-electron chi connectivity index (χ2n) is 6.40. The van der Waals surface area contributed by atoms with E-state index in [1.165, 1.54) is 36.9 Å². The molecule has 2 rings (SSSR count). The molecule has 0 heterocycles. The smallest absolute Gasteiger partial charge is 0.0230 e. The summed E-state index contributed by atoms with van der Waals surface area (Å²) >= 11 is 0. The summed E-state index contributed by atoms with van der Waals surface area (Å²) in [6, 6.07) is 8.99. The second kappa shape index (κ2) is 7.61. The lowest BCUT2D eigenvalue weighted by Gasteiger charge is -2.25. The summed E-state index contributed by atoms with van der Waals surface area (Å²) in [5.41, 5.74) is 2.83. The maximum atomic E-state index is 2.47. The van der Waals surface area contributed by atoms with Gasteiger partial charge in [-0.25, -0.2) is 0 Å². The van der Waals surface area contributed by atoms with E-state index in [0.29, 0.717) is 0 Å². The molecule has 0 radical (unpaired) electrons. The van der Waals surface area contributed by atoms with Crippen molar-refractivity contribution < 1.29 is 0 Å².